The van der Waals surface area contributed by atoms with Crippen LogP contribution in [0.15, 0.2) is 0 Å². The fourth-order valence-electron chi connectivity index (χ4n) is 2.89. The van der Waals surface area contributed by atoms with Gasteiger partial charge in [-0.3, -0.25) is 0 Å². The largest absolute Gasteiger partial charge is 0.325 e. The number of hydrogen-bond acceptors (Lipinski definition) is 1. The van der Waals surface area contributed by atoms with Crippen LogP contribution in [-0.4, -0.2) is 8.96 Å². The molecule has 3 saturated carbocycles. The molecule has 0 spiro atoms. The predicted molar refractivity (Wildman–Crippen MR) is 60.5 cm³/mol. The van der Waals surface area contributed by atoms with E-state index in [0.717, 1.165) is 5.92 Å². The second kappa shape index (κ2) is 2.59. The summed E-state index contributed by atoms with van der Waals surface area (Å²) in [7, 11) is 0. The molecule has 3 aliphatic rings. The van der Waals surface area contributed by atoms with E-state index in [-0.39, 0.29) is 5.54 Å². The van der Waals surface area contributed by atoms with Crippen LogP contribution in [0.4, 0.5) is 0 Å². The maximum absolute atomic E-state index is 6.29. The van der Waals surface area contributed by atoms with Crippen LogP contribution in [0.3, 0.4) is 0 Å². The zero-order chi connectivity index (χ0) is 8.98. The lowest BCUT2D eigenvalue weighted by Gasteiger charge is -2.41. The molecule has 0 saturated heterocycles. The lowest BCUT2D eigenvalue weighted by molar-refractivity contribution is 0.233. The number of rotatable bonds is 0. The van der Waals surface area contributed by atoms with Crippen molar-refractivity contribution in [3.8, 4) is 0 Å². The summed E-state index contributed by atoms with van der Waals surface area (Å²) in [5, 5.41) is 0. The quantitative estimate of drug-likeness (QED) is 0.535. The molecule has 2 unspecified atom stereocenters. The van der Waals surface area contributed by atoms with Crippen LogP contribution in [0, 0.1) is 11.8 Å². The van der Waals surface area contributed by atoms with Crippen LogP contribution in [0.25, 0.3) is 0 Å². The van der Waals surface area contributed by atoms with Gasteiger partial charge in [-0.25, -0.2) is 0 Å². The zero-order valence-electron chi connectivity index (χ0n) is 7.94. The topological polar surface area (TPSA) is 26.0 Å². The van der Waals surface area contributed by atoms with Gasteiger partial charge in [-0.2, -0.15) is 0 Å². The first kappa shape index (κ1) is 9.25. The zero-order valence-corrected chi connectivity index (χ0v) is 10.1. The summed E-state index contributed by atoms with van der Waals surface area (Å²) < 4.78 is 0.624. The fourth-order valence-corrected chi connectivity index (χ4v) is 4.80. The van der Waals surface area contributed by atoms with Crippen LogP contribution < -0.4 is 5.73 Å². The summed E-state index contributed by atoms with van der Waals surface area (Å²) >= 11 is 2.66. The van der Waals surface area contributed by atoms with Crippen molar-refractivity contribution < 1.29 is 0 Å². The molecule has 3 aliphatic carbocycles. The van der Waals surface area contributed by atoms with Crippen molar-refractivity contribution in [2.75, 3.05) is 0 Å². The third-order valence-corrected chi connectivity index (χ3v) is 5.16. The van der Waals surface area contributed by atoms with Crippen LogP contribution in [0.2, 0.25) is 0 Å². The first-order valence-corrected chi connectivity index (χ1v) is 5.97. The fraction of sp³-hybridized carbons (Fsp3) is 1.00. The monoisotopic (exact) mass is 279 g/mol. The first-order valence-electron chi connectivity index (χ1n) is 4.89. The summed E-state index contributed by atoms with van der Waals surface area (Å²) in [4.78, 5) is 0. The van der Waals surface area contributed by atoms with E-state index in [1.165, 1.54) is 25.7 Å². The minimum Gasteiger partial charge on any atom is -0.325 e. The molecular weight excluding hydrogens is 261 g/mol. The Morgan fingerprint density at radius 2 is 1.83 bits per heavy atom. The second-order valence-electron chi connectivity index (χ2n) is 5.24. The molecule has 0 aromatic carbocycles. The molecule has 0 amide bonds. The molecular formula is C10H18IN. The summed E-state index contributed by atoms with van der Waals surface area (Å²) in [6.07, 6.45) is 5.42. The van der Waals surface area contributed by atoms with Crippen LogP contribution in [0.5, 0.6) is 0 Å². The molecule has 0 heterocycles. The van der Waals surface area contributed by atoms with Gasteiger partial charge >= 0.3 is 0 Å². The molecule has 12 heavy (non-hydrogen) atoms. The van der Waals surface area contributed by atoms with E-state index in [1.54, 1.807) is 0 Å². The normalized spacial score (nSPS) is 59.0. The Kier molecular flexibility index (Phi) is 2.00. The third kappa shape index (κ3) is 1.41. The average Bonchev–Trinajstić information content (AvgIpc) is 1.92. The number of alkyl halides is 1. The molecule has 0 aromatic rings. The lowest BCUT2D eigenvalue weighted by Crippen LogP contribution is -2.42. The van der Waals surface area contributed by atoms with Crippen molar-refractivity contribution in [2.24, 2.45) is 17.6 Å². The van der Waals surface area contributed by atoms with E-state index >= 15 is 0 Å². The van der Waals surface area contributed by atoms with Crippen molar-refractivity contribution in [3.63, 3.8) is 0 Å². The smallest absolute Gasteiger partial charge is 0.0231 e. The molecule has 2 N–H and O–H groups in total. The summed E-state index contributed by atoms with van der Waals surface area (Å²) in [6, 6.07) is 0. The van der Waals surface area contributed by atoms with Crippen molar-refractivity contribution >= 4 is 22.6 Å². The van der Waals surface area contributed by atoms with Crippen molar-refractivity contribution in [3.05, 3.63) is 0 Å². The van der Waals surface area contributed by atoms with E-state index in [9.17, 15) is 0 Å². The number of nitrogens with two attached hydrogens (primary N) is 1. The van der Waals surface area contributed by atoms with Crippen molar-refractivity contribution in [2.45, 2.75) is 48.5 Å². The van der Waals surface area contributed by atoms with Crippen LogP contribution >= 0.6 is 22.6 Å². The molecule has 2 bridgehead atoms. The van der Waals surface area contributed by atoms with Gasteiger partial charge in [-0.15, -0.1) is 0 Å². The molecule has 3 rings (SSSR count). The molecule has 0 radical (unpaired) electrons. The van der Waals surface area contributed by atoms with E-state index < -0.39 is 0 Å². The minimum atomic E-state index is 0.105. The molecule has 1 nitrogen and oxygen atoms in total. The van der Waals surface area contributed by atoms with Crippen LogP contribution in [-0.2, 0) is 0 Å². The van der Waals surface area contributed by atoms with Gasteiger partial charge in [0.05, 0.1) is 0 Å². The highest BCUT2D eigenvalue weighted by atomic mass is 127. The van der Waals surface area contributed by atoms with E-state index in [2.05, 4.69) is 36.4 Å². The number of halogens is 1. The Labute approximate surface area is 88.6 Å². The molecule has 70 valence electrons. The van der Waals surface area contributed by atoms with Gasteiger partial charge < -0.3 is 5.73 Å². The maximum atomic E-state index is 6.29. The minimum absolute atomic E-state index is 0.105. The summed E-state index contributed by atoms with van der Waals surface area (Å²) in [5.74, 6) is 1.63. The van der Waals surface area contributed by atoms with Crippen molar-refractivity contribution in [1.82, 2.24) is 0 Å². The third-order valence-electron chi connectivity index (χ3n) is 3.84. The van der Waals surface area contributed by atoms with E-state index in [0.29, 0.717) is 9.34 Å². The first-order chi connectivity index (χ1) is 5.41. The van der Waals surface area contributed by atoms with Gasteiger partial charge in [-0.05, 0) is 44.4 Å². The SMILES string of the molecule is CC1CC2(I)CC(C2)CC1(C)N. The number of fused-ring (bicyclic) bond motifs is 3. The van der Waals surface area contributed by atoms with E-state index in [4.69, 9.17) is 5.73 Å². The van der Waals surface area contributed by atoms with Gasteiger partial charge in [0.1, 0.15) is 0 Å². The Morgan fingerprint density at radius 3 is 2.42 bits per heavy atom. The van der Waals surface area contributed by atoms with Gasteiger partial charge in [-0.1, -0.05) is 29.5 Å². The molecule has 0 aliphatic heterocycles. The van der Waals surface area contributed by atoms with Gasteiger partial charge in [0, 0.05) is 8.96 Å². The standard InChI is InChI=1S/C10H18IN/c1-7-3-10(11)5-8(6-10)4-9(7,2)12/h7-8H,3-6,12H2,1-2H3. The maximum Gasteiger partial charge on any atom is 0.0231 e. The van der Waals surface area contributed by atoms with Gasteiger partial charge in [0.25, 0.3) is 0 Å². The Hall–Kier alpha value is 0.690. The van der Waals surface area contributed by atoms with E-state index in [1.807, 2.05) is 0 Å². The highest BCUT2D eigenvalue weighted by molar-refractivity contribution is 14.1. The highest BCUT2D eigenvalue weighted by Gasteiger charge is 2.50. The Balaban J connectivity index is 2.17. The molecule has 2 atom stereocenters. The molecule has 3 fully saturated rings. The highest BCUT2D eigenvalue weighted by Crippen LogP contribution is 2.56. The summed E-state index contributed by atoms with van der Waals surface area (Å²) in [6.45, 7) is 4.56. The Morgan fingerprint density at radius 1 is 1.25 bits per heavy atom. The second-order valence-corrected chi connectivity index (χ2v) is 7.53. The number of hydrogen-bond donors (Lipinski definition) is 1. The van der Waals surface area contributed by atoms with Crippen molar-refractivity contribution in [1.29, 1.82) is 0 Å². The molecule has 2 heteroatoms. The van der Waals surface area contributed by atoms with Gasteiger partial charge in [0.15, 0.2) is 0 Å². The summed E-state index contributed by atoms with van der Waals surface area (Å²) in [5.41, 5.74) is 6.40. The average molecular weight is 279 g/mol. The Bertz CT molecular complexity index is 194. The lowest BCUT2D eigenvalue weighted by atomic mass is 9.73. The van der Waals surface area contributed by atoms with Crippen LogP contribution in [0.1, 0.15) is 39.5 Å². The molecule has 0 aromatic heterocycles. The predicted octanol–water partition coefficient (Wildman–Crippen LogP) is 2.72. The van der Waals surface area contributed by atoms with Gasteiger partial charge in [0.2, 0.25) is 0 Å².